The number of amides is 2. The third-order valence-corrected chi connectivity index (χ3v) is 5.01. The Morgan fingerprint density at radius 2 is 1.67 bits per heavy atom. The molecule has 9 nitrogen and oxygen atoms in total. The number of nitrogens with zero attached hydrogens (tertiary/aromatic N) is 1. The maximum atomic E-state index is 12.9. The average molecular weight is 449 g/mol. The van der Waals surface area contributed by atoms with Crippen LogP contribution in [0.1, 0.15) is 54.1 Å². The van der Waals surface area contributed by atoms with Crippen LogP contribution in [-0.4, -0.2) is 37.5 Å². The van der Waals surface area contributed by atoms with Gasteiger partial charge in [-0.2, -0.15) is 0 Å². The molecule has 0 saturated carbocycles. The number of rotatable bonds is 7. The van der Waals surface area contributed by atoms with Crippen LogP contribution < -0.4 is 9.64 Å². The maximum Gasteiger partial charge on any atom is 0.341 e. The summed E-state index contributed by atoms with van der Waals surface area (Å²) in [6.45, 7) is 2.04. The van der Waals surface area contributed by atoms with Gasteiger partial charge >= 0.3 is 11.9 Å². The zero-order valence-corrected chi connectivity index (χ0v) is 17.8. The zero-order valence-electron chi connectivity index (χ0n) is 17.8. The van der Waals surface area contributed by atoms with Gasteiger partial charge in [0.05, 0.1) is 42.4 Å². The first-order valence-electron chi connectivity index (χ1n) is 10.0. The van der Waals surface area contributed by atoms with Crippen molar-refractivity contribution in [1.29, 1.82) is 0 Å². The Morgan fingerprint density at radius 3 is 2.36 bits per heavy atom. The molecule has 0 fully saturated rings. The van der Waals surface area contributed by atoms with E-state index in [-0.39, 0.29) is 34.6 Å². The zero-order chi connectivity index (χ0) is 23.5. The van der Waals surface area contributed by atoms with E-state index in [0.29, 0.717) is 18.0 Å². The van der Waals surface area contributed by atoms with Gasteiger partial charge < -0.3 is 18.6 Å². The first kappa shape index (κ1) is 21.8. The van der Waals surface area contributed by atoms with Gasteiger partial charge in [0, 0.05) is 0 Å². The molecule has 168 valence electrons. The summed E-state index contributed by atoms with van der Waals surface area (Å²) in [5.74, 6) is -1.65. The molecule has 0 saturated heterocycles. The third-order valence-electron chi connectivity index (χ3n) is 5.01. The van der Waals surface area contributed by atoms with Crippen molar-refractivity contribution in [2.45, 2.75) is 13.5 Å². The van der Waals surface area contributed by atoms with Crippen LogP contribution in [0.25, 0.3) is 0 Å². The Morgan fingerprint density at radius 1 is 0.939 bits per heavy atom. The quantitative estimate of drug-likeness (QED) is 0.397. The van der Waals surface area contributed by atoms with Crippen LogP contribution in [0.4, 0.5) is 5.69 Å². The van der Waals surface area contributed by atoms with Gasteiger partial charge in [-0.1, -0.05) is 0 Å². The molecule has 1 aromatic heterocycles. The summed E-state index contributed by atoms with van der Waals surface area (Å²) in [5, 5.41) is 0. The molecule has 2 aromatic carbocycles. The van der Waals surface area contributed by atoms with Crippen molar-refractivity contribution >= 4 is 29.4 Å². The first-order valence-corrected chi connectivity index (χ1v) is 10.0. The van der Waals surface area contributed by atoms with Crippen molar-refractivity contribution in [2.75, 3.05) is 18.6 Å². The van der Waals surface area contributed by atoms with E-state index in [1.807, 2.05) is 6.92 Å². The van der Waals surface area contributed by atoms with Crippen molar-refractivity contribution < 1.29 is 37.8 Å². The molecule has 0 bridgehead atoms. The number of ether oxygens (including phenoxy) is 3. The Labute approximate surface area is 188 Å². The van der Waals surface area contributed by atoms with Crippen LogP contribution in [0.2, 0.25) is 0 Å². The number of fused-ring (bicyclic) bond motifs is 1. The topological polar surface area (TPSA) is 112 Å². The smallest absolute Gasteiger partial charge is 0.341 e. The van der Waals surface area contributed by atoms with Crippen LogP contribution in [0.15, 0.2) is 59.2 Å². The predicted octanol–water partition coefficient (Wildman–Crippen LogP) is 3.62. The summed E-state index contributed by atoms with van der Waals surface area (Å²) in [6.07, 6.45) is 1.28. The normalized spacial score (nSPS) is 12.5. The van der Waals surface area contributed by atoms with E-state index in [4.69, 9.17) is 13.9 Å². The fraction of sp³-hybridized carbons (Fsp3) is 0.167. The Hall–Kier alpha value is -4.40. The minimum absolute atomic E-state index is 0.0783. The summed E-state index contributed by atoms with van der Waals surface area (Å²) in [7, 11) is 1.23. The number of furan rings is 1. The van der Waals surface area contributed by atoms with E-state index < -0.39 is 23.8 Å². The number of benzene rings is 2. The molecule has 0 aliphatic carbocycles. The van der Waals surface area contributed by atoms with Gasteiger partial charge in [-0.3, -0.25) is 9.59 Å². The SMILES string of the molecule is CCOc1ccc(N2C(=O)c3ccc(C(=O)OCc4occc4C(=O)OC)cc3C2=O)cc1. The van der Waals surface area contributed by atoms with E-state index in [9.17, 15) is 19.2 Å². The predicted molar refractivity (Wildman–Crippen MR) is 114 cm³/mol. The largest absolute Gasteiger partial charge is 0.494 e. The van der Waals surface area contributed by atoms with Gasteiger partial charge in [-0.15, -0.1) is 0 Å². The van der Waals surface area contributed by atoms with Gasteiger partial charge in [0.25, 0.3) is 11.8 Å². The monoisotopic (exact) mass is 449 g/mol. The molecule has 33 heavy (non-hydrogen) atoms. The Kier molecular flexibility index (Phi) is 5.95. The molecule has 2 amide bonds. The molecule has 9 heteroatoms. The average Bonchev–Trinajstić information content (AvgIpc) is 3.40. The molecule has 2 heterocycles. The summed E-state index contributed by atoms with van der Waals surface area (Å²) >= 11 is 0. The highest BCUT2D eigenvalue weighted by molar-refractivity contribution is 6.34. The van der Waals surface area contributed by atoms with E-state index >= 15 is 0 Å². The minimum atomic E-state index is -0.746. The second-order valence-corrected chi connectivity index (χ2v) is 6.96. The molecule has 0 radical (unpaired) electrons. The van der Waals surface area contributed by atoms with E-state index in [0.717, 1.165) is 4.90 Å². The molecular weight excluding hydrogens is 430 g/mol. The number of imide groups is 1. The Balaban J connectivity index is 1.51. The van der Waals surface area contributed by atoms with E-state index in [1.165, 1.54) is 37.6 Å². The lowest BCUT2D eigenvalue weighted by Gasteiger charge is -2.14. The summed E-state index contributed by atoms with van der Waals surface area (Å²) in [4.78, 5) is 51.0. The molecular formula is C24H19NO8. The van der Waals surface area contributed by atoms with Gasteiger partial charge in [-0.25, -0.2) is 14.5 Å². The molecule has 3 aromatic rings. The van der Waals surface area contributed by atoms with Crippen molar-refractivity contribution in [3.05, 3.63) is 82.8 Å². The lowest BCUT2D eigenvalue weighted by molar-refractivity contribution is 0.0432. The second-order valence-electron chi connectivity index (χ2n) is 6.96. The second kappa shape index (κ2) is 8.99. The fourth-order valence-electron chi connectivity index (χ4n) is 3.42. The number of esters is 2. The fourth-order valence-corrected chi connectivity index (χ4v) is 3.42. The lowest BCUT2D eigenvalue weighted by atomic mass is 10.1. The number of hydrogen-bond acceptors (Lipinski definition) is 8. The Bertz CT molecular complexity index is 1240. The summed E-state index contributed by atoms with van der Waals surface area (Å²) in [5.41, 5.74) is 0.892. The lowest BCUT2D eigenvalue weighted by Crippen LogP contribution is -2.29. The molecule has 0 unspecified atom stereocenters. The van der Waals surface area contributed by atoms with E-state index in [1.54, 1.807) is 24.3 Å². The molecule has 0 spiro atoms. The third kappa shape index (κ3) is 4.08. The number of carbonyl (C=O) groups is 4. The molecule has 0 N–H and O–H groups in total. The van der Waals surface area contributed by atoms with Gasteiger partial charge in [0.1, 0.15) is 11.3 Å². The van der Waals surface area contributed by atoms with Crippen molar-refractivity contribution in [1.82, 2.24) is 0 Å². The van der Waals surface area contributed by atoms with Crippen LogP contribution in [-0.2, 0) is 16.1 Å². The van der Waals surface area contributed by atoms with E-state index in [2.05, 4.69) is 4.74 Å². The highest BCUT2D eigenvalue weighted by atomic mass is 16.5. The number of carbonyl (C=O) groups excluding carboxylic acids is 4. The number of methoxy groups -OCH3 is 1. The molecule has 1 aliphatic rings. The first-order chi connectivity index (χ1) is 15.9. The van der Waals surface area contributed by atoms with Crippen molar-refractivity contribution in [2.24, 2.45) is 0 Å². The van der Waals surface area contributed by atoms with Crippen molar-refractivity contribution in [3.8, 4) is 5.75 Å². The molecule has 1 aliphatic heterocycles. The maximum absolute atomic E-state index is 12.9. The van der Waals surface area contributed by atoms with Crippen LogP contribution in [0.5, 0.6) is 5.75 Å². The van der Waals surface area contributed by atoms with Crippen LogP contribution >= 0.6 is 0 Å². The molecule has 4 rings (SSSR count). The van der Waals surface area contributed by atoms with Gasteiger partial charge in [-0.05, 0) is 55.5 Å². The summed E-state index contributed by atoms with van der Waals surface area (Å²) in [6, 6.07) is 12.1. The molecule has 0 atom stereocenters. The standard InChI is InChI=1S/C24H19NO8/c1-3-31-16-7-5-15(6-8-16)25-21(26)17-9-4-14(12-19(17)22(25)27)23(28)33-13-20-18(10-11-32-20)24(29)30-2/h4-12H,3,13H2,1-2H3. The van der Waals surface area contributed by atoms with Gasteiger partial charge in [0.2, 0.25) is 0 Å². The number of hydrogen-bond donors (Lipinski definition) is 0. The van der Waals surface area contributed by atoms with Crippen LogP contribution in [0, 0.1) is 0 Å². The summed E-state index contributed by atoms with van der Waals surface area (Å²) < 4.78 is 20.4. The van der Waals surface area contributed by atoms with Gasteiger partial charge in [0.15, 0.2) is 12.4 Å². The van der Waals surface area contributed by atoms with Crippen molar-refractivity contribution in [3.63, 3.8) is 0 Å². The highest BCUT2D eigenvalue weighted by Crippen LogP contribution is 2.30. The number of anilines is 1. The highest BCUT2D eigenvalue weighted by Gasteiger charge is 2.37. The minimum Gasteiger partial charge on any atom is -0.494 e. The van der Waals surface area contributed by atoms with Crippen LogP contribution in [0.3, 0.4) is 0 Å².